The third kappa shape index (κ3) is 8.21. The number of morpholine rings is 1. The average molecular weight is 860 g/mol. The minimum atomic E-state index is -0.316. The highest BCUT2D eigenvalue weighted by atomic mass is 19.1. The average Bonchev–Trinajstić information content (AvgIpc) is 4.18. The Labute approximate surface area is 368 Å². The van der Waals surface area contributed by atoms with Gasteiger partial charge in [0, 0.05) is 56.4 Å². The van der Waals surface area contributed by atoms with Crippen LogP contribution in [-0.2, 0) is 20.8 Å². The number of nitrogens with one attached hydrogen (secondary N) is 2. The number of halogens is 1. The van der Waals surface area contributed by atoms with Gasteiger partial charge in [-0.3, -0.25) is 15.8 Å². The second kappa shape index (κ2) is 17.7. The molecule has 3 aliphatic heterocycles. The zero-order chi connectivity index (χ0) is 42.8. The van der Waals surface area contributed by atoms with Gasteiger partial charge in [0.25, 0.3) is 0 Å². The second-order valence-corrected chi connectivity index (χ2v) is 16.3. The van der Waals surface area contributed by atoms with Crippen molar-refractivity contribution in [3.05, 3.63) is 133 Å². The fraction of sp³-hybridized carbons (Fsp3) is 0.265. The summed E-state index contributed by atoms with van der Waals surface area (Å²) in [6.07, 6.45) is 9.19. The van der Waals surface area contributed by atoms with Crippen molar-refractivity contribution in [2.75, 3.05) is 63.6 Å². The van der Waals surface area contributed by atoms with Gasteiger partial charge in [-0.2, -0.15) is 0 Å². The summed E-state index contributed by atoms with van der Waals surface area (Å²) in [5.41, 5.74) is 13.5. The van der Waals surface area contributed by atoms with Crippen LogP contribution in [0.1, 0.15) is 30.5 Å². The first-order valence-corrected chi connectivity index (χ1v) is 21.7. The number of hydrogen-bond donors (Lipinski definition) is 2. The number of hydrazine groups is 1. The van der Waals surface area contributed by atoms with E-state index in [1.807, 2.05) is 48.5 Å². The molecule has 8 aromatic rings. The van der Waals surface area contributed by atoms with Crippen molar-refractivity contribution < 1.29 is 28.1 Å². The van der Waals surface area contributed by atoms with Gasteiger partial charge < -0.3 is 32.8 Å². The van der Waals surface area contributed by atoms with Gasteiger partial charge in [-0.05, 0) is 90.2 Å². The van der Waals surface area contributed by atoms with Crippen molar-refractivity contribution in [2.45, 2.75) is 31.5 Å². The highest BCUT2D eigenvalue weighted by molar-refractivity contribution is 6.04. The molecule has 324 valence electrons. The molecule has 0 bridgehead atoms. The maximum Gasteiger partial charge on any atom is 0.158 e. The Hall–Kier alpha value is -6.91. The molecule has 4 aromatic heterocycles. The predicted octanol–water partition coefficient (Wildman–Crippen LogP) is 9.43. The molecule has 2 N–H and O–H groups in total. The zero-order valence-electron chi connectivity index (χ0n) is 35.0. The summed E-state index contributed by atoms with van der Waals surface area (Å²) in [5, 5.41) is 1.69. The third-order valence-corrected chi connectivity index (χ3v) is 12.2. The van der Waals surface area contributed by atoms with Crippen LogP contribution in [0.15, 0.2) is 122 Å². The molecule has 0 spiro atoms. The normalized spacial score (nSPS) is 17.9. The van der Waals surface area contributed by atoms with Gasteiger partial charge in [-0.1, -0.05) is 36.4 Å². The van der Waals surface area contributed by atoms with E-state index >= 15 is 0 Å². The molecule has 3 aliphatic rings. The molecule has 2 atom stereocenters. The summed E-state index contributed by atoms with van der Waals surface area (Å²) in [6, 6.07) is 30.5. The van der Waals surface area contributed by atoms with Crippen LogP contribution >= 0.6 is 0 Å². The van der Waals surface area contributed by atoms with Crippen molar-refractivity contribution in [1.29, 1.82) is 0 Å². The molecule has 14 nitrogen and oxygen atoms in total. The van der Waals surface area contributed by atoms with E-state index in [1.54, 1.807) is 24.8 Å². The van der Waals surface area contributed by atoms with Gasteiger partial charge in [0.1, 0.15) is 52.8 Å². The smallest absolute Gasteiger partial charge is 0.158 e. The molecule has 0 radical (unpaired) electrons. The molecule has 0 saturated carbocycles. The number of benzene rings is 4. The van der Waals surface area contributed by atoms with Crippen molar-refractivity contribution in [3.8, 4) is 45.3 Å². The maximum absolute atomic E-state index is 13.5. The van der Waals surface area contributed by atoms with Gasteiger partial charge in [0.2, 0.25) is 0 Å². The molecule has 3 fully saturated rings. The van der Waals surface area contributed by atoms with Crippen LogP contribution in [0.2, 0.25) is 0 Å². The largest absolute Gasteiger partial charge is 0.457 e. The van der Waals surface area contributed by atoms with E-state index in [-0.39, 0.29) is 17.9 Å². The molecular formula is C49H46FN9O5. The van der Waals surface area contributed by atoms with Crippen LogP contribution in [0.4, 0.5) is 16.0 Å². The fourth-order valence-corrected chi connectivity index (χ4v) is 8.82. The number of aromatic nitrogens is 6. The second-order valence-electron chi connectivity index (χ2n) is 16.3. The van der Waals surface area contributed by atoms with Crippen molar-refractivity contribution in [1.82, 2.24) is 34.0 Å². The quantitative estimate of drug-likeness (QED) is 0.107. The number of ether oxygens (including phenoxy) is 5. The van der Waals surface area contributed by atoms with Crippen LogP contribution < -0.4 is 20.3 Å². The topological polar surface area (TPSA) is 135 Å². The first-order valence-electron chi connectivity index (χ1n) is 21.7. The predicted molar refractivity (Wildman–Crippen MR) is 241 cm³/mol. The summed E-state index contributed by atoms with van der Waals surface area (Å²) in [6.45, 7) is 6.95. The van der Waals surface area contributed by atoms with Crippen molar-refractivity contribution in [2.24, 2.45) is 0 Å². The molecule has 2 unspecified atom stereocenters. The molecule has 3 saturated heterocycles. The Kier molecular flexibility index (Phi) is 11.0. The minimum absolute atomic E-state index is 0.124. The van der Waals surface area contributed by atoms with Crippen molar-refractivity contribution in [3.63, 3.8) is 0 Å². The lowest BCUT2D eigenvalue weighted by molar-refractivity contribution is 0.0342. The molecule has 4 aromatic carbocycles. The summed E-state index contributed by atoms with van der Waals surface area (Å²) in [5.74, 6) is 3.56. The number of anilines is 2. The molecule has 64 heavy (non-hydrogen) atoms. The van der Waals surface area contributed by atoms with Crippen LogP contribution in [0.25, 0.3) is 44.3 Å². The Morgan fingerprint density at radius 3 is 1.45 bits per heavy atom. The van der Waals surface area contributed by atoms with E-state index in [2.05, 4.69) is 61.5 Å². The monoisotopic (exact) mass is 859 g/mol. The number of rotatable bonds is 13. The number of fused-ring (bicyclic) bond motifs is 2. The lowest BCUT2D eigenvalue weighted by Crippen LogP contribution is -2.35. The van der Waals surface area contributed by atoms with E-state index in [0.29, 0.717) is 49.6 Å². The first kappa shape index (κ1) is 39.9. The van der Waals surface area contributed by atoms with E-state index in [1.165, 1.54) is 17.7 Å². The maximum atomic E-state index is 13.5. The first-order chi connectivity index (χ1) is 31.6. The van der Waals surface area contributed by atoms with Crippen LogP contribution in [0, 0.1) is 5.82 Å². The Bertz CT molecular complexity index is 2870. The van der Waals surface area contributed by atoms with E-state index in [4.69, 9.17) is 43.6 Å². The summed E-state index contributed by atoms with van der Waals surface area (Å²) in [7, 11) is 0. The van der Waals surface area contributed by atoms with E-state index in [0.717, 1.165) is 102 Å². The van der Waals surface area contributed by atoms with Crippen LogP contribution in [0.3, 0.4) is 0 Å². The Morgan fingerprint density at radius 2 is 1.00 bits per heavy atom. The SMILES string of the molecule is Fc1ccc(Oc2ccc(-c3cn(C4CCOC4)c4ncnc(NNc5ncnc6c5c(-c5ccc(Oc7ccc(CN8CCOCC8)cc7)cc5)cn6C5CCOC5)c34)cc2)cc1. The Balaban J connectivity index is 0.891. The lowest BCUT2D eigenvalue weighted by Gasteiger charge is -2.26. The molecule has 0 amide bonds. The summed E-state index contributed by atoms with van der Waals surface area (Å²) < 4.78 is 47.4. The van der Waals surface area contributed by atoms with E-state index in [9.17, 15) is 4.39 Å². The molecule has 15 heteroatoms. The fourth-order valence-electron chi connectivity index (χ4n) is 8.82. The van der Waals surface area contributed by atoms with Gasteiger partial charge in [0.05, 0.1) is 49.3 Å². The molecule has 11 rings (SSSR count). The van der Waals surface area contributed by atoms with Crippen LogP contribution in [0.5, 0.6) is 23.0 Å². The summed E-state index contributed by atoms with van der Waals surface area (Å²) >= 11 is 0. The lowest BCUT2D eigenvalue weighted by atomic mass is 10.1. The zero-order valence-corrected chi connectivity index (χ0v) is 35.0. The standard InChI is InChI=1S/C49H46FN9O5/c50-35-7-15-41(16-8-35)64-40-13-5-34(6-14-40)43-27-59(37-18-22-62-29-37)49-45(43)47(52-31-54-49)56-55-46-44-42(26-58(36-17-21-61-28-36)48(44)53-30-51-46)33-3-11-39(12-4-33)63-38-9-1-32(2-10-38)25-57-19-23-60-24-20-57/h1-16,26-27,30-31,36-37H,17-25,28-29H2,(H,51,53,55)(H,52,54,56). The highest BCUT2D eigenvalue weighted by Crippen LogP contribution is 2.40. The molecular weight excluding hydrogens is 814 g/mol. The van der Waals surface area contributed by atoms with Gasteiger partial charge in [-0.25, -0.2) is 24.3 Å². The number of nitrogens with zero attached hydrogens (tertiary/aromatic N) is 7. The van der Waals surface area contributed by atoms with E-state index < -0.39 is 0 Å². The van der Waals surface area contributed by atoms with Gasteiger partial charge >= 0.3 is 0 Å². The minimum Gasteiger partial charge on any atom is -0.457 e. The van der Waals surface area contributed by atoms with Gasteiger partial charge in [0.15, 0.2) is 11.6 Å². The molecule has 0 aliphatic carbocycles. The summed E-state index contributed by atoms with van der Waals surface area (Å²) in [4.78, 5) is 21.6. The van der Waals surface area contributed by atoms with Crippen molar-refractivity contribution >= 4 is 33.7 Å². The third-order valence-electron chi connectivity index (χ3n) is 12.2. The van der Waals surface area contributed by atoms with Gasteiger partial charge in [-0.15, -0.1) is 0 Å². The van der Waals surface area contributed by atoms with Crippen LogP contribution in [-0.4, -0.2) is 86.7 Å². The number of hydrogen-bond acceptors (Lipinski definition) is 12. The Morgan fingerprint density at radius 1 is 0.547 bits per heavy atom. The molecule has 7 heterocycles. The highest BCUT2D eigenvalue weighted by Gasteiger charge is 2.27.